The molecule has 3 rings (SSSR count). The Morgan fingerprint density at radius 1 is 1.03 bits per heavy atom. The van der Waals surface area contributed by atoms with E-state index in [9.17, 15) is 31.5 Å². The number of amides is 1. The molecule has 208 valence electrons. The maximum Gasteiger partial charge on any atom is 0.416 e. The van der Waals surface area contributed by atoms with Crippen LogP contribution in [-0.2, 0) is 21.7 Å². The molecule has 12 heteroatoms. The van der Waals surface area contributed by atoms with Gasteiger partial charge >= 0.3 is 12.1 Å². The number of carbonyl (C=O) groups excluding carboxylic acids is 1. The van der Waals surface area contributed by atoms with E-state index < -0.39 is 29.2 Å². The summed E-state index contributed by atoms with van der Waals surface area (Å²) < 4.78 is 69.4. The molecule has 0 spiro atoms. The lowest BCUT2D eigenvalue weighted by molar-refractivity contribution is -0.138. The van der Waals surface area contributed by atoms with E-state index in [1.807, 2.05) is 0 Å². The second-order valence-corrected chi connectivity index (χ2v) is 11.2. The van der Waals surface area contributed by atoms with E-state index in [2.05, 4.69) is 13.2 Å². The highest BCUT2D eigenvalue weighted by molar-refractivity contribution is 8.26. The third-order valence-electron chi connectivity index (χ3n) is 5.88. The highest BCUT2D eigenvalue weighted by Gasteiger charge is 2.36. The van der Waals surface area contributed by atoms with Gasteiger partial charge in [0.05, 0.1) is 10.5 Å². The Hall–Kier alpha value is -2.83. The molecule has 1 aliphatic heterocycles. The predicted octanol–water partition coefficient (Wildman–Crippen LogP) is 8.50. The smallest absolute Gasteiger partial charge is 0.416 e. The predicted molar refractivity (Wildman–Crippen MR) is 149 cm³/mol. The molecule has 1 N–H and O–H groups in total. The number of benzene rings is 1. The Morgan fingerprint density at radius 2 is 1.72 bits per heavy atom. The molecule has 0 bridgehead atoms. The van der Waals surface area contributed by atoms with E-state index >= 15 is 0 Å². The molecule has 2 aromatic rings. The number of carbonyl (C=O) groups is 2. The van der Waals surface area contributed by atoms with E-state index in [1.54, 1.807) is 17.5 Å². The number of alkyl halides is 5. The Balaban J connectivity index is 1.94. The van der Waals surface area contributed by atoms with Crippen LogP contribution in [-0.4, -0.2) is 32.7 Å². The van der Waals surface area contributed by atoms with Crippen molar-refractivity contribution in [2.24, 2.45) is 0 Å². The van der Waals surface area contributed by atoms with Gasteiger partial charge in [-0.05, 0) is 71.7 Å². The third kappa shape index (κ3) is 7.43. The monoisotopic (exact) mass is 601 g/mol. The SMILES string of the molecule is C=CC/C(=C1/SC(=S)N(CCCCCC(=O)O)C1=O)c1cc(-c2cc(C(F)(F)F)cc(C(F)(F)C=C)c2)cs1. The van der Waals surface area contributed by atoms with Crippen LogP contribution in [0.3, 0.4) is 0 Å². The number of nitrogens with zero attached hydrogens (tertiary/aromatic N) is 1. The van der Waals surface area contributed by atoms with Crippen molar-refractivity contribution in [2.45, 2.75) is 44.2 Å². The molecule has 1 fully saturated rings. The van der Waals surface area contributed by atoms with Gasteiger partial charge in [-0.2, -0.15) is 22.0 Å². The summed E-state index contributed by atoms with van der Waals surface area (Å²) in [5.41, 5.74) is -1.21. The Bertz CT molecular complexity index is 1330. The lowest BCUT2D eigenvalue weighted by Gasteiger charge is -2.16. The van der Waals surface area contributed by atoms with Crippen LogP contribution < -0.4 is 0 Å². The van der Waals surface area contributed by atoms with Gasteiger partial charge in [0.15, 0.2) is 0 Å². The summed E-state index contributed by atoms with van der Waals surface area (Å²) in [7, 11) is 0. The second kappa shape index (κ2) is 12.6. The number of unbranched alkanes of at least 4 members (excludes halogenated alkanes) is 2. The number of thiocarbonyl (C=S) groups is 1. The van der Waals surface area contributed by atoms with Gasteiger partial charge in [-0.25, -0.2) is 0 Å². The highest BCUT2D eigenvalue weighted by Crippen LogP contribution is 2.43. The normalized spacial score (nSPS) is 15.6. The molecule has 1 aromatic heterocycles. The molecule has 2 heterocycles. The first kappa shape index (κ1) is 30.7. The van der Waals surface area contributed by atoms with Gasteiger partial charge in [0.25, 0.3) is 11.8 Å². The quantitative estimate of drug-likeness (QED) is 0.0869. The van der Waals surface area contributed by atoms with Crippen molar-refractivity contribution in [1.29, 1.82) is 0 Å². The lowest BCUT2D eigenvalue weighted by Crippen LogP contribution is -2.29. The molecular formula is C27H24F5NO3S3. The Labute approximate surface area is 235 Å². The molecule has 1 aromatic carbocycles. The molecule has 0 atom stereocenters. The van der Waals surface area contributed by atoms with Gasteiger partial charge in [0.2, 0.25) is 0 Å². The van der Waals surface area contributed by atoms with Gasteiger partial charge in [-0.3, -0.25) is 14.5 Å². The number of thioether (sulfide) groups is 1. The molecule has 0 aliphatic carbocycles. The van der Waals surface area contributed by atoms with Crippen molar-refractivity contribution in [3.63, 3.8) is 0 Å². The number of halogens is 5. The molecule has 0 unspecified atom stereocenters. The molecule has 1 aliphatic rings. The van der Waals surface area contributed by atoms with E-state index in [-0.39, 0.29) is 29.9 Å². The van der Waals surface area contributed by atoms with Crippen LogP contribution in [0.1, 0.15) is 48.1 Å². The van der Waals surface area contributed by atoms with Crippen LogP contribution in [0, 0.1) is 0 Å². The van der Waals surface area contributed by atoms with E-state index in [4.69, 9.17) is 17.3 Å². The van der Waals surface area contributed by atoms with Crippen molar-refractivity contribution in [3.8, 4) is 11.1 Å². The second-order valence-electron chi connectivity index (χ2n) is 8.65. The first-order chi connectivity index (χ1) is 18.3. The summed E-state index contributed by atoms with van der Waals surface area (Å²) >= 11 is 7.66. The summed E-state index contributed by atoms with van der Waals surface area (Å²) in [6.45, 7) is 7.09. The Morgan fingerprint density at radius 3 is 2.33 bits per heavy atom. The number of carboxylic acids is 1. The Kier molecular flexibility index (Phi) is 9.89. The highest BCUT2D eigenvalue weighted by atomic mass is 32.2. The van der Waals surface area contributed by atoms with Crippen LogP contribution in [0.5, 0.6) is 0 Å². The number of rotatable bonds is 12. The first-order valence-electron chi connectivity index (χ1n) is 11.7. The zero-order valence-electron chi connectivity index (χ0n) is 20.5. The van der Waals surface area contributed by atoms with Crippen molar-refractivity contribution < 1.29 is 36.6 Å². The number of allylic oxidation sites excluding steroid dienone is 3. The van der Waals surface area contributed by atoms with Crippen molar-refractivity contribution in [3.05, 3.63) is 75.9 Å². The summed E-state index contributed by atoms with van der Waals surface area (Å²) in [6.07, 6.45) is -0.985. The van der Waals surface area contributed by atoms with Crippen LogP contribution in [0.25, 0.3) is 16.7 Å². The van der Waals surface area contributed by atoms with Crippen molar-refractivity contribution in [1.82, 2.24) is 4.90 Å². The summed E-state index contributed by atoms with van der Waals surface area (Å²) in [5.74, 6) is -4.87. The fraction of sp³-hybridized carbons (Fsp3) is 0.296. The van der Waals surface area contributed by atoms with Crippen molar-refractivity contribution in [2.75, 3.05) is 6.54 Å². The van der Waals surface area contributed by atoms with E-state index in [0.29, 0.717) is 57.6 Å². The van der Waals surface area contributed by atoms with Crippen molar-refractivity contribution >= 4 is 57.1 Å². The summed E-state index contributed by atoms with van der Waals surface area (Å²) in [5, 5.41) is 10.3. The molecule has 1 amide bonds. The summed E-state index contributed by atoms with van der Waals surface area (Å²) in [4.78, 5) is 26.3. The average molecular weight is 602 g/mol. The van der Waals surface area contributed by atoms with Crippen LogP contribution in [0.15, 0.2) is 59.9 Å². The fourth-order valence-corrected chi connectivity index (χ4v) is 6.30. The lowest BCUT2D eigenvalue weighted by atomic mass is 9.97. The number of carboxylic acid groups (broad SMARTS) is 1. The first-order valence-corrected chi connectivity index (χ1v) is 13.8. The molecule has 0 saturated carbocycles. The third-order valence-corrected chi connectivity index (χ3v) is 8.36. The van der Waals surface area contributed by atoms with Gasteiger partial charge in [0.1, 0.15) is 4.32 Å². The molecule has 39 heavy (non-hydrogen) atoms. The van der Waals surface area contributed by atoms with Crippen LogP contribution >= 0.6 is 35.3 Å². The van der Waals surface area contributed by atoms with Gasteiger partial charge in [-0.1, -0.05) is 43.1 Å². The maximum absolute atomic E-state index is 14.3. The van der Waals surface area contributed by atoms with Gasteiger partial charge in [0, 0.05) is 23.4 Å². The number of hydrogen-bond donors (Lipinski definition) is 1. The standard InChI is InChI=1S/C27H24F5NO3S3/c1-3-8-20(23-24(36)33(25(37)39-23)10-7-5-6-9-22(34)35)21-13-17(15-38-21)16-11-18(26(28,29)4-2)14-19(12-16)27(30,31)32/h3-4,11-15H,1-2,5-10H2,(H,34,35)/b23-20-. The largest absolute Gasteiger partial charge is 0.481 e. The molecular weight excluding hydrogens is 577 g/mol. The minimum Gasteiger partial charge on any atom is -0.481 e. The minimum absolute atomic E-state index is 0.0428. The fourth-order valence-electron chi connectivity index (χ4n) is 3.86. The zero-order valence-corrected chi connectivity index (χ0v) is 23.0. The minimum atomic E-state index is -4.84. The van der Waals surface area contributed by atoms with Gasteiger partial charge < -0.3 is 5.11 Å². The molecule has 0 radical (unpaired) electrons. The zero-order chi connectivity index (χ0) is 29.0. The number of hydrogen-bond acceptors (Lipinski definition) is 5. The maximum atomic E-state index is 14.3. The summed E-state index contributed by atoms with van der Waals surface area (Å²) in [6, 6.07) is 3.78. The van der Waals surface area contributed by atoms with Crippen LogP contribution in [0.4, 0.5) is 22.0 Å². The number of thiophene rings is 1. The van der Waals surface area contributed by atoms with Gasteiger partial charge in [-0.15, -0.1) is 17.9 Å². The van der Waals surface area contributed by atoms with E-state index in [1.165, 1.54) is 16.2 Å². The average Bonchev–Trinajstić information content (AvgIpc) is 3.46. The number of aliphatic carboxylic acids is 1. The molecule has 4 nitrogen and oxygen atoms in total. The molecule has 1 saturated heterocycles. The topological polar surface area (TPSA) is 57.6 Å². The van der Waals surface area contributed by atoms with E-state index in [0.717, 1.165) is 23.9 Å². The van der Waals surface area contributed by atoms with Crippen LogP contribution in [0.2, 0.25) is 0 Å².